The maximum Gasteiger partial charge on any atom is 0.220 e. The van der Waals surface area contributed by atoms with Crippen LogP contribution < -0.4 is 5.32 Å². The molecule has 0 aliphatic carbocycles. The second kappa shape index (κ2) is 8.29. The van der Waals surface area contributed by atoms with Crippen molar-refractivity contribution in [3.8, 4) is 0 Å². The topological polar surface area (TPSA) is 29.1 Å². The second-order valence-electron chi connectivity index (χ2n) is 4.45. The van der Waals surface area contributed by atoms with Crippen LogP contribution in [-0.2, 0) is 4.79 Å². The van der Waals surface area contributed by atoms with E-state index in [1.165, 1.54) is 25.0 Å². The fourth-order valence-corrected chi connectivity index (χ4v) is 4.70. The molecule has 1 aliphatic rings. The number of hydrogen-bond donors (Lipinski definition) is 1. The molecule has 1 N–H and O–H groups in total. The Hall–Kier alpha value is 0.170. The number of unbranched alkanes of at least 4 members (excludes halogenated alkanes) is 1. The monoisotopic (exact) mass is 261 g/mol. The van der Waals surface area contributed by atoms with Crippen LogP contribution in [0.5, 0.6) is 0 Å². The Bertz CT molecular complexity index is 205. The smallest absolute Gasteiger partial charge is 0.220 e. The number of hydrogen-bond acceptors (Lipinski definition) is 3. The van der Waals surface area contributed by atoms with Crippen LogP contribution >= 0.6 is 21.6 Å². The summed E-state index contributed by atoms with van der Waals surface area (Å²) in [7, 11) is 4.03. The average Bonchev–Trinajstić information content (AvgIpc) is 2.77. The molecule has 2 atom stereocenters. The fourth-order valence-electron chi connectivity index (χ4n) is 1.67. The Morgan fingerprint density at radius 1 is 1.50 bits per heavy atom. The van der Waals surface area contributed by atoms with Crippen LogP contribution in [0.2, 0.25) is 0 Å². The first-order chi connectivity index (χ1) is 7.72. The molecule has 0 aromatic carbocycles. The van der Waals surface area contributed by atoms with Crippen LogP contribution in [0.1, 0.15) is 52.4 Å². The lowest BCUT2D eigenvalue weighted by atomic mass is 10.1. The number of amides is 1. The van der Waals surface area contributed by atoms with Crippen LogP contribution in [0.25, 0.3) is 0 Å². The zero-order valence-corrected chi connectivity index (χ0v) is 12.0. The van der Waals surface area contributed by atoms with E-state index in [1.54, 1.807) is 0 Å². The van der Waals surface area contributed by atoms with Crippen molar-refractivity contribution in [3.05, 3.63) is 0 Å². The largest absolute Gasteiger partial charge is 0.354 e. The van der Waals surface area contributed by atoms with Crippen molar-refractivity contribution in [2.45, 2.75) is 63.7 Å². The lowest BCUT2D eigenvalue weighted by molar-refractivity contribution is -0.121. The molecule has 1 heterocycles. The van der Waals surface area contributed by atoms with Crippen LogP contribution in [0.3, 0.4) is 0 Å². The van der Waals surface area contributed by atoms with Gasteiger partial charge in [-0.05, 0) is 32.6 Å². The van der Waals surface area contributed by atoms with Crippen LogP contribution in [0.4, 0.5) is 0 Å². The summed E-state index contributed by atoms with van der Waals surface area (Å²) in [6.07, 6.45) is 6.61. The molecule has 1 amide bonds. The van der Waals surface area contributed by atoms with Gasteiger partial charge in [0.05, 0.1) is 0 Å². The van der Waals surface area contributed by atoms with E-state index in [-0.39, 0.29) is 5.91 Å². The van der Waals surface area contributed by atoms with E-state index in [2.05, 4.69) is 19.2 Å². The molecule has 0 saturated carbocycles. The van der Waals surface area contributed by atoms with Gasteiger partial charge in [-0.1, -0.05) is 34.9 Å². The highest BCUT2D eigenvalue weighted by molar-refractivity contribution is 8.77. The average molecular weight is 261 g/mol. The highest BCUT2D eigenvalue weighted by atomic mass is 33.1. The number of carbonyl (C=O) groups excluding carboxylic acids is 1. The highest BCUT2D eigenvalue weighted by Crippen LogP contribution is 2.39. The number of rotatable bonds is 7. The van der Waals surface area contributed by atoms with E-state index in [0.717, 1.165) is 18.1 Å². The Morgan fingerprint density at radius 2 is 2.31 bits per heavy atom. The van der Waals surface area contributed by atoms with Gasteiger partial charge in [0, 0.05) is 23.5 Å². The first kappa shape index (κ1) is 14.2. The lowest BCUT2D eigenvalue weighted by Crippen LogP contribution is -2.31. The van der Waals surface area contributed by atoms with Gasteiger partial charge in [-0.25, -0.2) is 0 Å². The van der Waals surface area contributed by atoms with E-state index in [1.807, 2.05) is 21.6 Å². The predicted octanol–water partition coefficient (Wildman–Crippen LogP) is 3.62. The van der Waals surface area contributed by atoms with Crippen LogP contribution in [-0.4, -0.2) is 23.0 Å². The lowest BCUT2D eigenvalue weighted by Gasteiger charge is -2.11. The minimum atomic E-state index is 0.225. The van der Waals surface area contributed by atoms with E-state index < -0.39 is 0 Å². The van der Waals surface area contributed by atoms with Gasteiger partial charge in [-0.2, -0.15) is 0 Å². The van der Waals surface area contributed by atoms with Gasteiger partial charge in [-0.3, -0.25) is 4.79 Å². The maximum absolute atomic E-state index is 11.5. The highest BCUT2D eigenvalue weighted by Gasteiger charge is 2.15. The quantitative estimate of drug-likeness (QED) is 0.560. The summed E-state index contributed by atoms with van der Waals surface area (Å²) in [6.45, 7) is 4.16. The molecule has 16 heavy (non-hydrogen) atoms. The molecule has 0 bridgehead atoms. The van der Waals surface area contributed by atoms with Crippen molar-refractivity contribution in [3.63, 3.8) is 0 Å². The molecule has 1 saturated heterocycles. The summed E-state index contributed by atoms with van der Waals surface area (Å²) in [5.41, 5.74) is 0. The molecule has 2 unspecified atom stereocenters. The molecule has 1 rings (SSSR count). The summed E-state index contributed by atoms with van der Waals surface area (Å²) in [6, 6.07) is 0.328. The maximum atomic E-state index is 11.5. The van der Waals surface area contributed by atoms with Crippen molar-refractivity contribution >= 4 is 27.5 Å². The first-order valence-corrected chi connectivity index (χ1v) is 8.68. The SMILES string of the molecule is CCC(C)NC(=O)CCCCC1CCSS1. The third-order valence-corrected chi connectivity index (χ3v) is 5.93. The van der Waals surface area contributed by atoms with Gasteiger partial charge in [0.1, 0.15) is 0 Å². The molecule has 0 aromatic rings. The number of nitrogens with one attached hydrogen (secondary N) is 1. The van der Waals surface area contributed by atoms with Gasteiger partial charge in [0.15, 0.2) is 0 Å². The van der Waals surface area contributed by atoms with E-state index >= 15 is 0 Å². The number of carbonyl (C=O) groups is 1. The van der Waals surface area contributed by atoms with E-state index in [0.29, 0.717) is 12.5 Å². The Kier molecular flexibility index (Phi) is 7.37. The van der Waals surface area contributed by atoms with E-state index in [4.69, 9.17) is 0 Å². The van der Waals surface area contributed by atoms with E-state index in [9.17, 15) is 4.79 Å². The Morgan fingerprint density at radius 3 is 2.94 bits per heavy atom. The van der Waals surface area contributed by atoms with Gasteiger partial charge >= 0.3 is 0 Å². The molecule has 1 fully saturated rings. The van der Waals surface area contributed by atoms with Gasteiger partial charge in [-0.15, -0.1) is 0 Å². The third kappa shape index (κ3) is 6.04. The summed E-state index contributed by atoms with van der Waals surface area (Å²) in [4.78, 5) is 11.5. The molecule has 4 heteroatoms. The van der Waals surface area contributed by atoms with Crippen molar-refractivity contribution in [1.82, 2.24) is 5.32 Å². The minimum Gasteiger partial charge on any atom is -0.354 e. The van der Waals surface area contributed by atoms with Crippen molar-refractivity contribution in [2.75, 3.05) is 5.75 Å². The zero-order chi connectivity index (χ0) is 11.8. The molecular weight excluding hydrogens is 238 g/mol. The molecule has 1 aliphatic heterocycles. The summed E-state index contributed by atoms with van der Waals surface area (Å²) >= 11 is 0. The standard InChI is InChI=1S/C12H23NOS2/c1-3-10(2)13-12(14)7-5-4-6-11-8-9-15-16-11/h10-11H,3-9H2,1-2H3,(H,13,14). The fraction of sp³-hybridized carbons (Fsp3) is 0.917. The second-order valence-corrected chi connectivity index (χ2v) is 7.24. The first-order valence-electron chi connectivity index (χ1n) is 6.30. The van der Waals surface area contributed by atoms with Crippen molar-refractivity contribution in [2.24, 2.45) is 0 Å². The van der Waals surface area contributed by atoms with Gasteiger partial charge < -0.3 is 5.32 Å². The van der Waals surface area contributed by atoms with Gasteiger partial charge in [0.25, 0.3) is 0 Å². The van der Waals surface area contributed by atoms with Gasteiger partial charge in [0.2, 0.25) is 5.91 Å². The normalized spacial score (nSPS) is 22.0. The minimum absolute atomic E-state index is 0.225. The van der Waals surface area contributed by atoms with Crippen LogP contribution in [0.15, 0.2) is 0 Å². The zero-order valence-electron chi connectivity index (χ0n) is 10.3. The van der Waals surface area contributed by atoms with Crippen LogP contribution in [0, 0.1) is 0 Å². The summed E-state index contributed by atoms with van der Waals surface area (Å²) in [5, 5.41) is 3.86. The molecule has 0 aromatic heterocycles. The Balaban J connectivity index is 1.95. The molecule has 0 radical (unpaired) electrons. The Labute approximate surface area is 107 Å². The molecule has 2 nitrogen and oxygen atoms in total. The predicted molar refractivity (Wildman–Crippen MR) is 74.8 cm³/mol. The summed E-state index contributed by atoms with van der Waals surface area (Å²) in [5.74, 6) is 1.53. The third-order valence-electron chi connectivity index (χ3n) is 2.93. The molecule has 94 valence electrons. The van der Waals surface area contributed by atoms with Crippen molar-refractivity contribution < 1.29 is 4.79 Å². The molecule has 0 spiro atoms. The summed E-state index contributed by atoms with van der Waals surface area (Å²) < 4.78 is 0. The molecular formula is C12H23NOS2. The van der Waals surface area contributed by atoms with Crippen molar-refractivity contribution in [1.29, 1.82) is 0 Å².